The second-order valence-electron chi connectivity index (χ2n) is 4.92. The fourth-order valence-electron chi connectivity index (χ4n) is 1.82. The van der Waals surface area contributed by atoms with E-state index >= 15 is 0 Å². The van der Waals surface area contributed by atoms with Gasteiger partial charge in [0.05, 0.1) is 0 Å². The lowest BCUT2D eigenvalue weighted by molar-refractivity contribution is -0.141. The predicted octanol–water partition coefficient (Wildman–Crippen LogP) is 2.79. The number of carbonyl (C=O) groups is 2. The maximum absolute atomic E-state index is 12.1. The molecule has 128 valence electrons. The minimum absolute atomic E-state index is 0.209. The van der Waals surface area contributed by atoms with Gasteiger partial charge in [0.2, 0.25) is 0 Å². The first-order valence-electron chi connectivity index (χ1n) is 7.04. The number of thioether (sulfide) groups is 1. The molecule has 0 saturated carbocycles. The van der Waals surface area contributed by atoms with Gasteiger partial charge >= 0.3 is 5.97 Å². The number of benzene rings is 1. The van der Waals surface area contributed by atoms with Gasteiger partial charge in [-0.3, -0.25) is 4.79 Å². The summed E-state index contributed by atoms with van der Waals surface area (Å²) in [7, 11) is 0. The number of nitrogens with one attached hydrogen (secondary N) is 2. The van der Waals surface area contributed by atoms with Crippen LogP contribution in [0.2, 0.25) is 5.02 Å². The Morgan fingerprint density at radius 1 is 1.50 bits per heavy atom. The van der Waals surface area contributed by atoms with Crippen molar-refractivity contribution in [2.75, 3.05) is 17.3 Å². The van der Waals surface area contributed by atoms with Gasteiger partial charge in [-0.15, -0.1) is 0 Å². The Labute approximate surface area is 149 Å². The van der Waals surface area contributed by atoms with Crippen LogP contribution in [0.15, 0.2) is 30.0 Å². The number of carboxylic acids is 1. The number of nitrogens with zero attached hydrogens (tertiary/aromatic N) is 1. The van der Waals surface area contributed by atoms with Gasteiger partial charge in [0.1, 0.15) is 17.7 Å². The largest absolute Gasteiger partial charge is 0.480 e. The molecule has 0 spiro atoms. The van der Waals surface area contributed by atoms with E-state index in [9.17, 15) is 9.59 Å². The molecule has 0 aromatic heterocycles. The van der Waals surface area contributed by atoms with Crippen molar-refractivity contribution in [3.8, 4) is 6.07 Å². The normalized spacial score (nSPS) is 12.2. The molecular weight excluding hydrogens is 350 g/mol. The third-order valence-corrected chi connectivity index (χ3v) is 4.02. The lowest BCUT2D eigenvalue weighted by Crippen LogP contribution is -2.41. The summed E-state index contributed by atoms with van der Waals surface area (Å²) in [5.41, 5.74) is 1.33. The van der Waals surface area contributed by atoms with Crippen molar-refractivity contribution in [3.05, 3.63) is 40.6 Å². The Morgan fingerprint density at radius 3 is 2.75 bits per heavy atom. The number of aryl methyl sites for hydroxylation is 1. The Bertz CT molecular complexity index is 686. The number of aliphatic carboxylic acids is 1. The van der Waals surface area contributed by atoms with Crippen molar-refractivity contribution < 1.29 is 14.7 Å². The van der Waals surface area contributed by atoms with E-state index in [1.54, 1.807) is 24.3 Å². The molecule has 1 amide bonds. The van der Waals surface area contributed by atoms with E-state index in [2.05, 4.69) is 10.6 Å². The average molecular weight is 368 g/mol. The van der Waals surface area contributed by atoms with Gasteiger partial charge in [0.25, 0.3) is 5.91 Å². The van der Waals surface area contributed by atoms with E-state index < -0.39 is 17.9 Å². The molecule has 0 saturated heterocycles. The second kappa shape index (κ2) is 9.85. The minimum atomic E-state index is -1.13. The first-order chi connectivity index (χ1) is 11.4. The number of amides is 1. The Hall–Kier alpha value is -2.17. The molecule has 8 heteroatoms. The van der Waals surface area contributed by atoms with Gasteiger partial charge in [0.15, 0.2) is 0 Å². The number of halogens is 1. The molecule has 0 fully saturated rings. The van der Waals surface area contributed by atoms with Crippen LogP contribution in [0.3, 0.4) is 0 Å². The highest BCUT2D eigenvalue weighted by Crippen LogP contribution is 2.19. The zero-order chi connectivity index (χ0) is 18.1. The molecule has 1 atom stereocenters. The molecule has 0 aliphatic heterocycles. The molecule has 1 aromatic rings. The minimum Gasteiger partial charge on any atom is -0.480 e. The van der Waals surface area contributed by atoms with Crippen molar-refractivity contribution >= 4 is 40.9 Å². The molecule has 1 aromatic carbocycles. The molecule has 1 unspecified atom stereocenters. The highest BCUT2D eigenvalue weighted by Gasteiger charge is 2.21. The summed E-state index contributed by atoms with van der Waals surface area (Å²) < 4.78 is 0. The topological polar surface area (TPSA) is 102 Å². The number of nitriles is 1. The van der Waals surface area contributed by atoms with Crippen LogP contribution in [-0.4, -0.2) is 35.0 Å². The van der Waals surface area contributed by atoms with Crippen LogP contribution >= 0.6 is 23.4 Å². The molecule has 24 heavy (non-hydrogen) atoms. The first kappa shape index (κ1) is 19.9. The average Bonchev–Trinajstić information content (AvgIpc) is 2.53. The summed E-state index contributed by atoms with van der Waals surface area (Å²) in [4.78, 5) is 23.2. The van der Waals surface area contributed by atoms with Crippen LogP contribution in [0.5, 0.6) is 0 Å². The monoisotopic (exact) mass is 367 g/mol. The van der Waals surface area contributed by atoms with Crippen LogP contribution in [0, 0.1) is 18.3 Å². The van der Waals surface area contributed by atoms with Crippen LogP contribution in [-0.2, 0) is 9.59 Å². The van der Waals surface area contributed by atoms with Crippen molar-refractivity contribution in [1.29, 1.82) is 5.26 Å². The number of rotatable bonds is 8. The number of carboxylic acid groups (broad SMARTS) is 1. The van der Waals surface area contributed by atoms with Gasteiger partial charge in [-0.1, -0.05) is 11.6 Å². The van der Waals surface area contributed by atoms with E-state index in [1.165, 1.54) is 18.0 Å². The summed E-state index contributed by atoms with van der Waals surface area (Å²) in [5, 5.41) is 24.0. The number of carbonyl (C=O) groups excluding carboxylic acids is 1. The number of hydrogen-bond donors (Lipinski definition) is 3. The highest BCUT2D eigenvalue weighted by atomic mass is 35.5. The third-order valence-electron chi connectivity index (χ3n) is 3.14. The lowest BCUT2D eigenvalue weighted by atomic mass is 10.2. The quantitative estimate of drug-likeness (QED) is 0.482. The van der Waals surface area contributed by atoms with Crippen LogP contribution in [0.25, 0.3) is 0 Å². The molecule has 0 aliphatic carbocycles. The number of anilines is 1. The molecule has 1 rings (SSSR count). The van der Waals surface area contributed by atoms with Gasteiger partial charge in [-0.2, -0.15) is 17.0 Å². The summed E-state index contributed by atoms with van der Waals surface area (Å²) >= 11 is 7.35. The molecular formula is C16H18ClN3O3S. The van der Waals surface area contributed by atoms with E-state index in [0.29, 0.717) is 16.5 Å². The molecule has 0 heterocycles. The van der Waals surface area contributed by atoms with Crippen molar-refractivity contribution in [2.45, 2.75) is 19.4 Å². The van der Waals surface area contributed by atoms with Crippen LogP contribution in [0.4, 0.5) is 5.69 Å². The summed E-state index contributed by atoms with van der Waals surface area (Å²) in [6.45, 7) is 1.83. The molecule has 3 N–H and O–H groups in total. The number of hydrogen-bond acceptors (Lipinski definition) is 5. The SMILES string of the molecule is CSCCC(NC(=O)/C(C#N)=C\Nc1ccc(Cl)cc1C)C(=O)O. The van der Waals surface area contributed by atoms with Crippen LogP contribution < -0.4 is 10.6 Å². The maximum Gasteiger partial charge on any atom is 0.326 e. The first-order valence-corrected chi connectivity index (χ1v) is 8.81. The molecule has 0 radical (unpaired) electrons. The standard InChI is InChI=1S/C16H18ClN3O3S/c1-10-7-12(17)3-4-13(10)19-9-11(8-18)15(21)20-14(16(22)23)5-6-24-2/h3-4,7,9,14,19H,5-6H2,1-2H3,(H,20,21)(H,22,23)/b11-9-. The zero-order valence-corrected chi connectivity index (χ0v) is 14.9. The second-order valence-corrected chi connectivity index (χ2v) is 6.34. The maximum atomic E-state index is 12.1. The Morgan fingerprint density at radius 2 is 2.21 bits per heavy atom. The molecule has 0 aliphatic rings. The summed E-state index contributed by atoms with van der Waals surface area (Å²) in [6, 6.07) is 5.88. The lowest BCUT2D eigenvalue weighted by Gasteiger charge is -2.13. The van der Waals surface area contributed by atoms with Gasteiger partial charge in [0, 0.05) is 16.9 Å². The van der Waals surface area contributed by atoms with E-state index in [1.807, 2.05) is 13.2 Å². The summed E-state index contributed by atoms with van der Waals surface area (Å²) in [6.07, 6.45) is 3.38. The zero-order valence-electron chi connectivity index (χ0n) is 13.3. The highest BCUT2D eigenvalue weighted by molar-refractivity contribution is 7.98. The fourth-order valence-corrected chi connectivity index (χ4v) is 2.51. The van der Waals surface area contributed by atoms with E-state index in [-0.39, 0.29) is 12.0 Å². The molecule has 0 bridgehead atoms. The van der Waals surface area contributed by atoms with E-state index in [0.717, 1.165) is 5.56 Å². The van der Waals surface area contributed by atoms with Crippen LogP contribution in [0.1, 0.15) is 12.0 Å². The fraction of sp³-hybridized carbons (Fsp3) is 0.312. The van der Waals surface area contributed by atoms with E-state index in [4.69, 9.17) is 22.0 Å². The summed E-state index contributed by atoms with van der Waals surface area (Å²) in [5.74, 6) is -1.27. The predicted molar refractivity (Wildman–Crippen MR) is 96.1 cm³/mol. The van der Waals surface area contributed by atoms with Crippen molar-refractivity contribution in [2.24, 2.45) is 0 Å². The Kier molecular flexibility index (Phi) is 8.16. The van der Waals surface area contributed by atoms with Crippen molar-refractivity contribution in [1.82, 2.24) is 5.32 Å². The molecule has 6 nitrogen and oxygen atoms in total. The van der Waals surface area contributed by atoms with Gasteiger partial charge in [-0.05, 0) is 49.1 Å². The third kappa shape index (κ3) is 6.14. The van der Waals surface area contributed by atoms with Gasteiger partial charge < -0.3 is 15.7 Å². The smallest absolute Gasteiger partial charge is 0.326 e. The van der Waals surface area contributed by atoms with Crippen molar-refractivity contribution in [3.63, 3.8) is 0 Å². The Balaban J connectivity index is 2.81. The van der Waals surface area contributed by atoms with Gasteiger partial charge in [-0.25, -0.2) is 4.79 Å².